The van der Waals surface area contributed by atoms with Gasteiger partial charge in [0, 0.05) is 13.0 Å². The third-order valence-electron chi connectivity index (χ3n) is 2.53. The summed E-state index contributed by atoms with van der Waals surface area (Å²) in [5, 5.41) is 18.2. The van der Waals surface area contributed by atoms with Crippen LogP contribution in [0.2, 0.25) is 0 Å². The maximum Gasteiger partial charge on any atom is 0.0928 e. The van der Waals surface area contributed by atoms with Crippen LogP contribution in [-0.4, -0.2) is 16.8 Å². The highest BCUT2D eigenvalue weighted by atomic mass is 16.3. The van der Waals surface area contributed by atoms with Gasteiger partial charge in [-0.2, -0.15) is 0 Å². The summed E-state index contributed by atoms with van der Waals surface area (Å²) in [6.45, 7) is 4.38. The van der Waals surface area contributed by atoms with Crippen LogP contribution in [0, 0.1) is 11.8 Å². The van der Waals surface area contributed by atoms with Crippen LogP contribution < -0.4 is 0 Å². The smallest absolute Gasteiger partial charge is 0.0928 e. The largest absolute Gasteiger partial charge is 0.512 e. The van der Waals surface area contributed by atoms with E-state index < -0.39 is 0 Å². The van der Waals surface area contributed by atoms with E-state index >= 15 is 0 Å². The molecule has 0 aromatic rings. The van der Waals surface area contributed by atoms with E-state index in [0.29, 0.717) is 17.6 Å². The van der Waals surface area contributed by atoms with E-state index in [1.165, 1.54) is 5.57 Å². The summed E-state index contributed by atoms with van der Waals surface area (Å²) in [7, 11) is 0. The Balaban J connectivity index is 2.58. The van der Waals surface area contributed by atoms with E-state index in [9.17, 15) is 5.11 Å². The first-order valence-corrected chi connectivity index (χ1v) is 4.83. The van der Waals surface area contributed by atoms with E-state index in [1.54, 1.807) is 6.08 Å². The normalized spacial score (nSPS) is 25.0. The molecule has 0 heterocycles. The molecule has 2 heteroatoms. The second-order valence-electron chi connectivity index (χ2n) is 4.00. The van der Waals surface area contributed by atoms with Crippen LogP contribution >= 0.6 is 0 Å². The van der Waals surface area contributed by atoms with Crippen LogP contribution in [0.15, 0.2) is 23.5 Å². The summed E-state index contributed by atoms with van der Waals surface area (Å²) < 4.78 is 0. The fourth-order valence-electron chi connectivity index (χ4n) is 1.62. The molecule has 0 radical (unpaired) electrons. The molecule has 2 atom stereocenters. The SMILES string of the molecule is CC(CO)CC1=CC=C(O)CC1C. The van der Waals surface area contributed by atoms with Crippen molar-refractivity contribution in [2.75, 3.05) is 6.61 Å². The average Bonchev–Trinajstić information content (AvgIpc) is 2.09. The Kier molecular flexibility index (Phi) is 3.55. The van der Waals surface area contributed by atoms with Gasteiger partial charge in [-0.25, -0.2) is 0 Å². The van der Waals surface area contributed by atoms with E-state index in [-0.39, 0.29) is 6.61 Å². The Hall–Kier alpha value is -0.760. The van der Waals surface area contributed by atoms with E-state index in [4.69, 9.17) is 5.11 Å². The summed E-state index contributed by atoms with van der Waals surface area (Å²) in [6, 6.07) is 0. The minimum Gasteiger partial charge on any atom is -0.512 e. The maximum absolute atomic E-state index is 9.26. The zero-order valence-electron chi connectivity index (χ0n) is 8.33. The van der Waals surface area contributed by atoms with Crippen molar-refractivity contribution in [1.29, 1.82) is 0 Å². The molecule has 1 aliphatic carbocycles. The Labute approximate surface area is 79.6 Å². The molecular formula is C11H18O2. The summed E-state index contributed by atoms with van der Waals surface area (Å²) in [5.74, 6) is 1.20. The van der Waals surface area contributed by atoms with Crippen LogP contribution in [0.4, 0.5) is 0 Å². The molecule has 2 nitrogen and oxygen atoms in total. The van der Waals surface area contributed by atoms with Gasteiger partial charge in [0.2, 0.25) is 0 Å². The Morgan fingerprint density at radius 3 is 2.77 bits per heavy atom. The second kappa shape index (κ2) is 4.47. The number of hydrogen-bond acceptors (Lipinski definition) is 2. The number of rotatable bonds is 3. The molecule has 0 saturated carbocycles. The Morgan fingerprint density at radius 1 is 1.54 bits per heavy atom. The van der Waals surface area contributed by atoms with Crippen molar-refractivity contribution < 1.29 is 10.2 Å². The molecule has 0 aromatic carbocycles. The molecule has 0 bridgehead atoms. The van der Waals surface area contributed by atoms with Gasteiger partial charge < -0.3 is 10.2 Å². The topological polar surface area (TPSA) is 40.5 Å². The summed E-state index contributed by atoms with van der Waals surface area (Å²) in [5.41, 5.74) is 1.33. The highest BCUT2D eigenvalue weighted by Gasteiger charge is 2.16. The van der Waals surface area contributed by atoms with Gasteiger partial charge in [0.05, 0.1) is 5.76 Å². The van der Waals surface area contributed by atoms with Crippen molar-refractivity contribution in [3.63, 3.8) is 0 Å². The van der Waals surface area contributed by atoms with Gasteiger partial charge in [0.1, 0.15) is 0 Å². The van der Waals surface area contributed by atoms with Gasteiger partial charge in [-0.05, 0) is 24.3 Å². The summed E-state index contributed by atoms with van der Waals surface area (Å²) >= 11 is 0. The first-order valence-electron chi connectivity index (χ1n) is 4.83. The monoisotopic (exact) mass is 182 g/mol. The molecule has 2 N–H and O–H groups in total. The van der Waals surface area contributed by atoms with Gasteiger partial charge in [-0.1, -0.05) is 25.5 Å². The molecule has 0 aromatic heterocycles. The van der Waals surface area contributed by atoms with Crippen molar-refractivity contribution in [1.82, 2.24) is 0 Å². The lowest BCUT2D eigenvalue weighted by Crippen LogP contribution is -2.10. The van der Waals surface area contributed by atoms with Crippen LogP contribution in [0.5, 0.6) is 0 Å². The summed E-state index contributed by atoms with van der Waals surface area (Å²) in [6.07, 6.45) is 5.42. The number of aliphatic hydroxyl groups excluding tert-OH is 2. The minimum absolute atomic E-state index is 0.236. The average molecular weight is 182 g/mol. The number of allylic oxidation sites excluding steroid dienone is 4. The first-order chi connectivity index (χ1) is 6.13. The molecule has 1 rings (SSSR count). The molecule has 1 aliphatic rings. The molecule has 0 spiro atoms. The molecule has 0 fully saturated rings. The fourth-order valence-corrected chi connectivity index (χ4v) is 1.62. The van der Waals surface area contributed by atoms with Crippen molar-refractivity contribution in [2.45, 2.75) is 26.7 Å². The van der Waals surface area contributed by atoms with Gasteiger partial charge >= 0.3 is 0 Å². The van der Waals surface area contributed by atoms with Gasteiger partial charge in [0.25, 0.3) is 0 Å². The Morgan fingerprint density at radius 2 is 2.23 bits per heavy atom. The lowest BCUT2D eigenvalue weighted by Gasteiger charge is -2.21. The van der Waals surface area contributed by atoms with Gasteiger partial charge in [-0.3, -0.25) is 0 Å². The first kappa shape index (κ1) is 10.3. The zero-order chi connectivity index (χ0) is 9.84. The molecule has 74 valence electrons. The minimum atomic E-state index is 0.236. The molecule has 13 heavy (non-hydrogen) atoms. The number of aliphatic hydroxyl groups is 2. The predicted octanol–water partition coefficient (Wildman–Crippen LogP) is 2.41. The summed E-state index contributed by atoms with van der Waals surface area (Å²) in [4.78, 5) is 0. The van der Waals surface area contributed by atoms with Crippen LogP contribution in [0.3, 0.4) is 0 Å². The van der Waals surface area contributed by atoms with E-state index in [1.807, 2.05) is 13.0 Å². The predicted molar refractivity (Wildman–Crippen MR) is 53.4 cm³/mol. The van der Waals surface area contributed by atoms with Crippen molar-refractivity contribution in [3.8, 4) is 0 Å². The zero-order valence-corrected chi connectivity index (χ0v) is 8.33. The Bertz CT molecular complexity index is 228. The highest BCUT2D eigenvalue weighted by Crippen LogP contribution is 2.27. The number of hydrogen-bond donors (Lipinski definition) is 2. The molecule has 0 aliphatic heterocycles. The van der Waals surface area contributed by atoms with Crippen molar-refractivity contribution in [3.05, 3.63) is 23.5 Å². The molecule has 0 saturated heterocycles. The fraction of sp³-hybridized carbons (Fsp3) is 0.636. The standard InChI is InChI=1S/C11H18O2/c1-8(7-12)5-10-3-4-11(13)6-9(10)2/h3-4,8-9,12-13H,5-7H2,1-2H3. The third kappa shape index (κ3) is 2.88. The van der Waals surface area contributed by atoms with Crippen molar-refractivity contribution >= 4 is 0 Å². The molecular weight excluding hydrogens is 164 g/mol. The quantitative estimate of drug-likeness (QED) is 0.703. The lowest BCUT2D eigenvalue weighted by molar-refractivity contribution is 0.233. The lowest BCUT2D eigenvalue weighted by atomic mass is 9.86. The van der Waals surface area contributed by atoms with Crippen LogP contribution in [0.1, 0.15) is 26.7 Å². The van der Waals surface area contributed by atoms with Gasteiger partial charge in [0.15, 0.2) is 0 Å². The second-order valence-corrected chi connectivity index (χ2v) is 4.00. The van der Waals surface area contributed by atoms with Crippen LogP contribution in [-0.2, 0) is 0 Å². The van der Waals surface area contributed by atoms with E-state index in [0.717, 1.165) is 12.8 Å². The van der Waals surface area contributed by atoms with Gasteiger partial charge in [-0.15, -0.1) is 0 Å². The van der Waals surface area contributed by atoms with E-state index in [2.05, 4.69) is 6.92 Å². The maximum atomic E-state index is 9.26. The molecule has 2 unspecified atom stereocenters. The third-order valence-corrected chi connectivity index (χ3v) is 2.53. The van der Waals surface area contributed by atoms with Crippen LogP contribution in [0.25, 0.3) is 0 Å². The van der Waals surface area contributed by atoms with Crippen molar-refractivity contribution in [2.24, 2.45) is 11.8 Å². The molecule has 0 amide bonds. The highest BCUT2D eigenvalue weighted by molar-refractivity contribution is 5.23.